The molecule has 0 saturated carbocycles. The first-order chi connectivity index (χ1) is 10.6. The number of nitrogens with two attached hydrogens (primary N) is 1. The van der Waals surface area contributed by atoms with Crippen LogP contribution in [0.2, 0.25) is 5.02 Å². The molecule has 0 saturated heterocycles. The molecular formula is C15H14ClN3O3. The second-order valence-electron chi connectivity index (χ2n) is 4.75. The Morgan fingerprint density at radius 2 is 2.05 bits per heavy atom. The number of fused-ring (bicyclic) bond motifs is 1. The molecule has 0 fully saturated rings. The highest BCUT2D eigenvalue weighted by Gasteiger charge is 2.12. The molecule has 1 aromatic heterocycles. The van der Waals surface area contributed by atoms with Gasteiger partial charge in [0, 0.05) is 12.7 Å². The van der Waals surface area contributed by atoms with Gasteiger partial charge in [0.25, 0.3) is 0 Å². The maximum absolute atomic E-state index is 11.1. The van der Waals surface area contributed by atoms with E-state index in [9.17, 15) is 4.79 Å². The molecule has 22 heavy (non-hydrogen) atoms. The molecule has 2 heterocycles. The van der Waals surface area contributed by atoms with E-state index in [1.54, 1.807) is 0 Å². The number of aromatic nitrogens is 1. The number of hydrogen-bond acceptors (Lipinski definition) is 5. The van der Waals surface area contributed by atoms with Crippen molar-refractivity contribution in [3.8, 4) is 11.5 Å². The van der Waals surface area contributed by atoms with Crippen molar-refractivity contribution >= 4 is 23.3 Å². The average molecular weight is 320 g/mol. The summed E-state index contributed by atoms with van der Waals surface area (Å²) >= 11 is 6.08. The number of carbonyl (C=O) groups is 1. The Labute approximate surface area is 132 Å². The van der Waals surface area contributed by atoms with Gasteiger partial charge in [0.15, 0.2) is 11.5 Å². The highest BCUT2D eigenvalue weighted by atomic mass is 35.5. The smallest absolute Gasteiger partial charge is 0.250 e. The monoisotopic (exact) mass is 319 g/mol. The molecule has 0 aliphatic carbocycles. The first kappa shape index (κ1) is 14.5. The van der Waals surface area contributed by atoms with Gasteiger partial charge in [-0.1, -0.05) is 17.7 Å². The Bertz CT molecular complexity index is 721. The fraction of sp³-hybridized carbons (Fsp3) is 0.200. The number of primary amides is 1. The third-order valence-electron chi connectivity index (χ3n) is 3.19. The fourth-order valence-electron chi connectivity index (χ4n) is 2.09. The topological polar surface area (TPSA) is 86.5 Å². The third kappa shape index (κ3) is 3.07. The summed E-state index contributed by atoms with van der Waals surface area (Å²) in [5.41, 5.74) is 6.45. The predicted molar refractivity (Wildman–Crippen MR) is 82.5 cm³/mol. The molecule has 1 aromatic carbocycles. The van der Waals surface area contributed by atoms with Gasteiger partial charge in [-0.3, -0.25) is 4.79 Å². The molecule has 0 radical (unpaired) electrons. The number of halogens is 1. The third-order valence-corrected chi connectivity index (χ3v) is 3.48. The van der Waals surface area contributed by atoms with Gasteiger partial charge in [-0.2, -0.15) is 0 Å². The highest BCUT2D eigenvalue weighted by Crippen LogP contribution is 2.31. The largest absolute Gasteiger partial charge is 0.486 e. The first-order valence-electron chi connectivity index (χ1n) is 6.71. The van der Waals surface area contributed by atoms with Crippen LogP contribution in [0.4, 0.5) is 5.82 Å². The SMILES string of the molecule is NC(=O)c1cnc(NCc2ccc3c(c2)OCCO3)c(Cl)c1. The second kappa shape index (κ2) is 6.11. The molecule has 7 heteroatoms. The van der Waals surface area contributed by atoms with Crippen molar-refractivity contribution in [3.05, 3.63) is 46.6 Å². The van der Waals surface area contributed by atoms with Crippen LogP contribution in [0, 0.1) is 0 Å². The summed E-state index contributed by atoms with van der Waals surface area (Å²) in [6, 6.07) is 7.21. The molecule has 1 amide bonds. The summed E-state index contributed by atoms with van der Waals surface area (Å²) in [7, 11) is 0. The Hall–Kier alpha value is -2.47. The summed E-state index contributed by atoms with van der Waals surface area (Å²) in [5, 5.41) is 3.45. The minimum atomic E-state index is -0.562. The van der Waals surface area contributed by atoms with Crippen molar-refractivity contribution in [2.75, 3.05) is 18.5 Å². The lowest BCUT2D eigenvalue weighted by atomic mass is 10.2. The highest BCUT2D eigenvalue weighted by molar-refractivity contribution is 6.33. The van der Waals surface area contributed by atoms with E-state index < -0.39 is 5.91 Å². The molecule has 3 rings (SSSR count). The molecular weight excluding hydrogens is 306 g/mol. The number of amides is 1. The van der Waals surface area contributed by atoms with E-state index in [0.717, 1.165) is 17.1 Å². The number of carbonyl (C=O) groups excluding carboxylic acids is 1. The summed E-state index contributed by atoms with van der Waals surface area (Å²) in [6.07, 6.45) is 1.39. The van der Waals surface area contributed by atoms with Gasteiger partial charge in [0.05, 0.1) is 10.6 Å². The maximum Gasteiger partial charge on any atom is 0.250 e. The standard InChI is InChI=1S/C15H14ClN3O3/c16-11-6-10(14(17)20)8-19-15(11)18-7-9-1-2-12-13(5-9)22-4-3-21-12/h1-2,5-6,8H,3-4,7H2,(H2,17,20)(H,18,19). The molecule has 114 valence electrons. The molecule has 2 aromatic rings. The van der Waals surface area contributed by atoms with Crippen molar-refractivity contribution < 1.29 is 14.3 Å². The van der Waals surface area contributed by atoms with Crippen molar-refractivity contribution in [1.29, 1.82) is 0 Å². The van der Waals surface area contributed by atoms with E-state index in [4.69, 9.17) is 26.8 Å². The molecule has 0 bridgehead atoms. The zero-order valence-electron chi connectivity index (χ0n) is 11.6. The quantitative estimate of drug-likeness (QED) is 0.902. The second-order valence-corrected chi connectivity index (χ2v) is 5.16. The van der Waals surface area contributed by atoms with Gasteiger partial charge in [-0.05, 0) is 23.8 Å². The van der Waals surface area contributed by atoms with Crippen molar-refractivity contribution in [3.63, 3.8) is 0 Å². The molecule has 0 unspecified atom stereocenters. The first-order valence-corrected chi connectivity index (χ1v) is 7.09. The van der Waals surface area contributed by atoms with E-state index in [1.807, 2.05) is 18.2 Å². The van der Waals surface area contributed by atoms with Gasteiger partial charge in [-0.15, -0.1) is 0 Å². The van der Waals surface area contributed by atoms with Crippen LogP contribution in [-0.2, 0) is 6.54 Å². The summed E-state index contributed by atoms with van der Waals surface area (Å²) in [6.45, 7) is 1.63. The van der Waals surface area contributed by atoms with Gasteiger partial charge in [-0.25, -0.2) is 4.98 Å². The average Bonchev–Trinajstić information content (AvgIpc) is 2.53. The number of pyridine rings is 1. The van der Waals surface area contributed by atoms with E-state index >= 15 is 0 Å². The number of ether oxygens (including phenoxy) is 2. The summed E-state index contributed by atoms with van der Waals surface area (Å²) in [5.74, 6) is 1.40. The zero-order chi connectivity index (χ0) is 15.5. The van der Waals surface area contributed by atoms with E-state index in [0.29, 0.717) is 30.6 Å². The van der Waals surface area contributed by atoms with Crippen LogP contribution in [-0.4, -0.2) is 24.1 Å². The number of anilines is 1. The number of nitrogens with zero attached hydrogens (tertiary/aromatic N) is 1. The minimum absolute atomic E-state index is 0.273. The van der Waals surface area contributed by atoms with Gasteiger partial charge >= 0.3 is 0 Å². The van der Waals surface area contributed by atoms with Crippen LogP contribution < -0.4 is 20.5 Å². The Kier molecular flexibility index (Phi) is 4.02. The molecule has 0 spiro atoms. The number of hydrogen-bond donors (Lipinski definition) is 2. The van der Waals surface area contributed by atoms with Crippen LogP contribution in [0.25, 0.3) is 0 Å². The van der Waals surface area contributed by atoms with Gasteiger partial charge < -0.3 is 20.5 Å². The molecule has 1 aliphatic rings. The maximum atomic E-state index is 11.1. The normalized spacial score (nSPS) is 12.8. The molecule has 6 nitrogen and oxygen atoms in total. The van der Waals surface area contributed by atoms with Gasteiger partial charge in [0.1, 0.15) is 19.0 Å². The summed E-state index contributed by atoms with van der Waals surface area (Å²) in [4.78, 5) is 15.2. The lowest BCUT2D eigenvalue weighted by Gasteiger charge is -2.19. The Morgan fingerprint density at radius 3 is 2.77 bits per heavy atom. The van der Waals surface area contributed by atoms with E-state index in [-0.39, 0.29) is 5.56 Å². The van der Waals surface area contributed by atoms with Crippen molar-refractivity contribution in [1.82, 2.24) is 4.98 Å². The van der Waals surface area contributed by atoms with Crippen LogP contribution in [0.15, 0.2) is 30.5 Å². The molecule has 1 aliphatic heterocycles. The van der Waals surface area contributed by atoms with Crippen LogP contribution >= 0.6 is 11.6 Å². The van der Waals surface area contributed by atoms with Crippen molar-refractivity contribution in [2.45, 2.75) is 6.54 Å². The number of benzene rings is 1. The lowest BCUT2D eigenvalue weighted by molar-refractivity contribution is 0.1000. The van der Waals surface area contributed by atoms with E-state index in [2.05, 4.69) is 10.3 Å². The predicted octanol–water partition coefficient (Wildman–Crippen LogP) is 2.22. The zero-order valence-corrected chi connectivity index (χ0v) is 12.4. The van der Waals surface area contributed by atoms with Crippen LogP contribution in [0.5, 0.6) is 11.5 Å². The molecule has 0 atom stereocenters. The van der Waals surface area contributed by atoms with Gasteiger partial charge in [0.2, 0.25) is 5.91 Å². The fourth-order valence-corrected chi connectivity index (χ4v) is 2.32. The Morgan fingerprint density at radius 1 is 1.27 bits per heavy atom. The van der Waals surface area contributed by atoms with Crippen LogP contribution in [0.1, 0.15) is 15.9 Å². The number of rotatable bonds is 4. The number of nitrogens with one attached hydrogen (secondary N) is 1. The van der Waals surface area contributed by atoms with Crippen molar-refractivity contribution in [2.24, 2.45) is 5.73 Å². The summed E-state index contributed by atoms with van der Waals surface area (Å²) < 4.78 is 11.0. The van der Waals surface area contributed by atoms with E-state index in [1.165, 1.54) is 12.3 Å². The van der Waals surface area contributed by atoms with Crippen LogP contribution in [0.3, 0.4) is 0 Å². The minimum Gasteiger partial charge on any atom is -0.486 e. The lowest BCUT2D eigenvalue weighted by Crippen LogP contribution is -2.15. The molecule has 3 N–H and O–H groups in total. The Balaban J connectivity index is 1.71.